The number of nitrogens with zero attached hydrogens (tertiary/aromatic N) is 1. The molecule has 0 atom stereocenters. The molecule has 0 aliphatic carbocycles. The topological polar surface area (TPSA) is 60.2 Å². The van der Waals surface area contributed by atoms with Crippen LogP contribution in [0.1, 0.15) is 4.88 Å². The van der Waals surface area contributed by atoms with Gasteiger partial charge in [0.1, 0.15) is 11.3 Å². The molecule has 1 aromatic rings. The molecule has 6 heteroatoms. The van der Waals surface area contributed by atoms with Crippen molar-refractivity contribution < 1.29 is 13.2 Å². The Balaban J connectivity index is 3.08. The van der Waals surface area contributed by atoms with Gasteiger partial charge in [-0.25, -0.2) is 13.2 Å². The lowest BCUT2D eigenvalue weighted by molar-refractivity contribution is -0.416. The van der Waals surface area contributed by atoms with Gasteiger partial charge in [-0.15, -0.1) is 11.3 Å². The number of sulfone groups is 1. The van der Waals surface area contributed by atoms with Crippen LogP contribution in [0.4, 0.5) is 0 Å². The van der Waals surface area contributed by atoms with Crippen molar-refractivity contribution in [3.63, 3.8) is 0 Å². The first-order chi connectivity index (χ1) is 5.89. The van der Waals surface area contributed by atoms with Gasteiger partial charge >= 0.3 is 0 Å². The van der Waals surface area contributed by atoms with Crippen LogP contribution in [-0.4, -0.2) is 32.7 Å². The monoisotopic (exact) mass is 219 g/mol. The van der Waals surface area contributed by atoms with E-state index in [9.17, 15) is 13.6 Å². The van der Waals surface area contributed by atoms with E-state index in [2.05, 4.69) is 0 Å². The molecular formula is C7H9NO3S2. The van der Waals surface area contributed by atoms with Crippen LogP contribution in [0.3, 0.4) is 0 Å². The Labute approximate surface area is 80.6 Å². The minimum atomic E-state index is -3.14. The number of rotatable bonds is 2. The molecule has 1 heterocycles. The average molecular weight is 219 g/mol. The highest BCUT2D eigenvalue weighted by molar-refractivity contribution is 7.92. The van der Waals surface area contributed by atoms with Gasteiger partial charge in [-0.05, 0) is 12.1 Å². The molecule has 0 saturated carbocycles. The van der Waals surface area contributed by atoms with Crippen molar-refractivity contribution in [2.45, 2.75) is 4.21 Å². The quantitative estimate of drug-likeness (QED) is 0.318. The number of thiophene rings is 1. The van der Waals surface area contributed by atoms with Crippen LogP contribution < -0.4 is 0 Å². The van der Waals surface area contributed by atoms with Gasteiger partial charge < -0.3 is 5.21 Å². The van der Waals surface area contributed by atoms with Crippen molar-refractivity contribution in [2.24, 2.45) is 0 Å². The Kier molecular flexibility index (Phi) is 2.72. The zero-order valence-corrected chi connectivity index (χ0v) is 8.85. The van der Waals surface area contributed by atoms with Gasteiger partial charge in [0.15, 0.2) is 16.1 Å². The third-order valence-electron chi connectivity index (χ3n) is 1.28. The fourth-order valence-electron chi connectivity index (χ4n) is 0.782. The van der Waals surface area contributed by atoms with E-state index in [1.54, 1.807) is 6.07 Å². The maximum Gasteiger partial charge on any atom is 0.191 e. The predicted molar refractivity (Wildman–Crippen MR) is 52.1 cm³/mol. The molecule has 0 fully saturated rings. The number of hydrogen-bond donors (Lipinski definition) is 0. The smallest absolute Gasteiger partial charge is 0.191 e. The summed E-state index contributed by atoms with van der Waals surface area (Å²) in [5, 5.41) is 10.6. The van der Waals surface area contributed by atoms with Crippen molar-refractivity contribution in [3.05, 3.63) is 22.2 Å². The summed E-state index contributed by atoms with van der Waals surface area (Å²) in [4.78, 5) is 0.637. The number of hydrogen-bond acceptors (Lipinski definition) is 4. The Hall–Kier alpha value is -0.880. The maximum atomic E-state index is 11.0. The highest BCUT2D eigenvalue weighted by Gasteiger charge is 2.10. The highest BCUT2D eigenvalue weighted by Crippen LogP contribution is 2.19. The molecule has 0 spiro atoms. The Morgan fingerprint density at radius 2 is 2.15 bits per heavy atom. The SMILES string of the molecule is C/[N+]([O-])=C/c1ccc(S(C)(=O)=O)s1. The summed E-state index contributed by atoms with van der Waals surface area (Å²) in [7, 11) is -1.79. The van der Waals surface area contributed by atoms with Gasteiger partial charge in [-0.2, -0.15) is 0 Å². The second-order valence-electron chi connectivity index (χ2n) is 2.60. The summed E-state index contributed by atoms with van der Waals surface area (Å²) in [6.45, 7) is 0. The molecule has 0 unspecified atom stereocenters. The summed E-state index contributed by atoms with van der Waals surface area (Å²) in [6.07, 6.45) is 2.48. The molecular weight excluding hydrogens is 210 g/mol. The van der Waals surface area contributed by atoms with E-state index in [-0.39, 0.29) is 4.21 Å². The van der Waals surface area contributed by atoms with E-state index in [1.165, 1.54) is 19.3 Å². The number of hydroxylamine groups is 1. The van der Waals surface area contributed by atoms with E-state index < -0.39 is 9.84 Å². The molecule has 13 heavy (non-hydrogen) atoms. The maximum absolute atomic E-state index is 11.0. The molecule has 0 saturated heterocycles. The van der Waals surface area contributed by atoms with Crippen LogP contribution in [0.25, 0.3) is 0 Å². The molecule has 0 aliphatic heterocycles. The predicted octanol–water partition coefficient (Wildman–Crippen LogP) is 0.711. The first-order valence-electron chi connectivity index (χ1n) is 3.44. The van der Waals surface area contributed by atoms with E-state index in [0.717, 1.165) is 17.6 Å². The van der Waals surface area contributed by atoms with Gasteiger partial charge in [0.25, 0.3) is 0 Å². The fourth-order valence-corrected chi connectivity index (χ4v) is 2.70. The molecule has 0 aliphatic rings. The second-order valence-corrected chi connectivity index (χ2v) is 5.96. The van der Waals surface area contributed by atoms with Crippen LogP contribution in [0.15, 0.2) is 16.3 Å². The van der Waals surface area contributed by atoms with E-state index in [4.69, 9.17) is 0 Å². The van der Waals surface area contributed by atoms with E-state index in [1.807, 2.05) is 0 Å². The summed E-state index contributed by atoms with van der Waals surface area (Å²) < 4.78 is 23.0. The molecule has 0 bridgehead atoms. The Morgan fingerprint density at radius 1 is 1.54 bits per heavy atom. The second kappa shape index (κ2) is 3.47. The normalized spacial score (nSPS) is 13.2. The van der Waals surface area contributed by atoms with E-state index in [0.29, 0.717) is 9.62 Å². The van der Waals surface area contributed by atoms with Crippen molar-refractivity contribution >= 4 is 27.4 Å². The van der Waals surface area contributed by atoms with Crippen LogP contribution in [0, 0.1) is 5.21 Å². The van der Waals surface area contributed by atoms with Crippen LogP contribution in [0.5, 0.6) is 0 Å². The van der Waals surface area contributed by atoms with Crippen molar-refractivity contribution in [1.29, 1.82) is 0 Å². The highest BCUT2D eigenvalue weighted by atomic mass is 32.2. The minimum absolute atomic E-state index is 0.278. The molecule has 0 radical (unpaired) electrons. The van der Waals surface area contributed by atoms with Crippen LogP contribution in [0.2, 0.25) is 0 Å². The van der Waals surface area contributed by atoms with Crippen LogP contribution >= 0.6 is 11.3 Å². The largest absolute Gasteiger partial charge is 0.624 e. The molecule has 0 aromatic carbocycles. The summed E-state index contributed by atoms with van der Waals surface area (Å²) in [5.41, 5.74) is 0. The van der Waals surface area contributed by atoms with Crippen molar-refractivity contribution in [1.82, 2.24) is 0 Å². The van der Waals surface area contributed by atoms with Crippen molar-refractivity contribution in [3.8, 4) is 0 Å². The zero-order valence-electron chi connectivity index (χ0n) is 7.22. The minimum Gasteiger partial charge on any atom is -0.624 e. The third kappa shape index (κ3) is 2.82. The van der Waals surface area contributed by atoms with Gasteiger partial charge in [0, 0.05) is 6.26 Å². The van der Waals surface area contributed by atoms with E-state index >= 15 is 0 Å². The molecule has 72 valence electrons. The Morgan fingerprint density at radius 3 is 2.54 bits per heavy atom. The first-order valence-corrected chi connectivity index (χ1v) is 6.15. The first kappa shape index (κ1) is 10.2. The summed E-state index contributed by atoms with van der Waals surface area (Å²) >= 11 is 1.08. The van der Waals surface area contributed by atoms with Gasteiger partial charge in [-0.1, -0.05) is 0 Å². The van der Waals surface area contributed by atoms with Crippen LogP contribution in [-0.2, 0) is 9.84 Å². The third-order valence-corrected chi connectivity index (χ3v) is 4.12. The molecule has 1 aromatic heterocycles. The molecule has 0 N–H and O–H groups in total. The standard InChI is InChI=1S/C7H9NO3S2/c1-8(9)5-6-3-4-7(12-6)13(2,10)11/h3-5H,1-2H3/b8-5-. The Bertz CT molecular complexity index is 426. The summed E-state index contributed by atoms with van der Waals surface area (Å²) in [5.74, 6) is 0. The molecule has 4 nitrogen and oxygen atoms in total. The lowest BCUT2D eigenvalue weighted by Gasteiger charge is -1.91. The van der Waals surface area contributed by atoms with Gasteiger partial charge in [0.05, 0.1) is 4.88 Å². The lowest BCUT2D eigenvalue weighted by atomic mass is 10.5. The van der Waals surface area contributed by atoms with Gasteiger partial charge in [0.2, 0.25) is 0 Å². The average Bonchev–Trinajstić information content (AvgIpc) is 2.32. The molecule has 1 rings (SSSR count). The molecule has 0 amide bonds. The zero-order chi connectivity index (χ0) is 10.1. The van der Waals surface area contributed by atoms with Crippen molar-refractivity contribution in [2.75, 3.05) is 13.3 Å². The van der Waals surface area contributed by atoms with Gasteiger partial charge in [-0.3, -0.25) is 0 Å². The lowest BCUT2D eigenvalue weighted by Crippen LogP contribution is -1.95. The summed E-state index contributed by atoms with van der Waals surface area (Å²) in [6, 6.07) is 3.10. The fraction of sp³-hybridized carbons (Fsp3) is 0.286.